The van der Waals surface area contributed by atoms with Gasteiger partial charge in [0.1, 0.15) is 5.82 Å². The number of aromatic nitrogens is 1. The Balaban J connectivity index is 2.95. The van der Waals surface area contributed by atoms with Gasteiger partial charge < -0.3 is 10.5 Å². The maximum absolute atomic E-state index is 7.39. The predicted molar refractivity (Wildman–Crippen MR) is 39.4 cm³/mol. The fraction of sp³-hybridized carbons (Fsp3) is 0.286. The molecule has 3 nitrogen and oxygen atoms in total. The molecule has 2 N–H and O–H groups in total. The average molecular weight is 143 g/mol. The van der Waals surface area contributed by atoms with E-state index in [0.29, 0.717) is 0 Å². The van der Waals surface area contributed by atoms with E-state index in [2.05, 4.69) is 9.72 Å². The van der Waals surface area contributed by atoms with Crippen molar-refractivity contribution in [1.82, 2.24) is 4.98 Å². The van der Waals surface area contributed by atoms with Gasteiger partial charge in [0.05, 0.1) is 19.1 Å². The summed E-state index contributed by atoms with van der Waals surface area (Å²) < 4.78 is 39.5. The van der Waals surface area contributed by atoms with Gasteiger partial charge in [-0.1, -0.05) is 6.07 Å². The van der Waals surface area contributed by atoms with Crippen LogP contribution in [-0.4, -0.2) is 12.0 Å². The Labute approximate surface area is 66.9 Å². The molecule has 3 heteroatoms. The minimum absolute atomic E-state index is 0.102. The van der Waals surface area contributed by atoms with Crippen molar-refractivity contribution < 1.29 is 11.6 Å². The van der Waals surface area contributed by atoms with Crippen molar-refractivity contribution >= 4 is 5.82 Å². The van der Waals surface area contributed by atoms with E-state index >= 15 is 0 Å². The maximum atomic E-state index is 7.39. The van der Waals surface area contributed by atoms with Gasteiger partial charge in [-0.2, -0.15) is 0 Å². The van der Waals surface area contributed by atoms with Gasteiger partial charge in [-0.05, 0) is 12.1 Å². The van der Waals surface area contributed by atoms with Crippen molar-refractivity contribution in [3.05, 3.63) is 23.9 Å². The second-order valence-corrected chi connectivity index (χ2v) is 1.65. The SMILES string of the molecule is [2H]C([2H])([2H])OC([2H])([2H])c1cccc(N)n1. The number of anilines is 1. The van der Waals surface area contributed by atoms with E-state index in [4.69, 9.17) is 12.6 Å². The van der Waals surface area contributed by atoms with Crippen molar-refractivity contribution in [2.45, 2.75) is 6.56 Å². The molecule has 0 saturated carbocycles. The smallest absolute Gasteiger partial charge is 0.123 e. The number of rotatable bonds is 2. The van der Waals surface area contributed by atoms with Gasteiger partial charge in [0.25, 0.3) is 0 Å². The Morgan fingerprint density at radius 2 is 2.80 bits per heavy atom. The molecule has 1 aromatic heterocycles. The minimum atomic E-state index is -2.82. The summed E-state index contributed by atoms with van der Waals surface area (Å²) in [4.78, 5) is 3.66. The molecule has 0 aromatic carbocycles. The van der Waals surface area contributed by atoms with Crippen molar-refractivity contribution in [2.24, 2.45) is 0 Å². The Kier molecular flexibility index (Phi) is 0.914. The van der Waals surface area contributed by atoms with Crippen LogP contribution in [-0.2, 0) is 11.3 Å². The molecule has 1 aromatic rings. The van der Waals surface area contributed by atoms with Crippen LogP contribution in [0.5, 0.6) is 0 Å². The standard InChI is InChI=1S/C7H10N2O/c1-10-5-6-3-2-4-7(8)9-6/h2-4H,5H2,1H3,(H2,8,9)/i1D3,5D2. The molecule has 0 aliphatic rings. The lowest BCUT2D eigenvalue weighted by Crippen LogP contribution is -1.95. The monoisotopic (exact) mass is 143 g/mol. The summed E-state index contributed by atoms with van der Waals surface area (Å²) in [6.07, 6.45) is 0. The highest BCUT2D eigenvalue weighted by molar-refractivity contribution is 5.28. The van der Waals surface area contributed by atoms with Crippen LogP contribution in [0.3, 0.4) is 0 Å². The van der Waals surface area contributed by atoms with E-state index < -0.39 is 13.6 Å². The highest BCUT2D eigenvalue weighted by atomic mass is 16.5. The first-order chi connectivity index (χ1) is 6.71. The van der Waals surface area contributed by atoms with E-state index in [1.165, 1.54) is 18.2 Å². The molecular weight excluding hydrogens is 128 g/mol. The fourth-order valence-electron chi connectivity index (χ4n) is 0.561. The number of hydrogen-bond acceptors (Lipinski definition) is 3. The predicted octanol–water partition coefficient (Wildman–Crippen LogP) is 0.810. The maximum Gasteiger partial charge on any atom is 0.123 e. The number of methoxy groups -OCH3 is 1. The largest absolute Gasteiger partial charge is 0.384 e. The average Bonchev–Trinajstić information content (AvgIpc) is 1.99. The highest BCUT2D eigenvalue weighted by Gasteiger charge is 1.91. The van der Waals surface area contributed by atoms with Gasteiger partial charge in [-0.25, -0.2) is 4.98 Å². The van der Waals surface area contributed by atoms with Crippen LogP contribution in [0.2, 0.25) is 0 Å². The van der Waals surface area contributed by atoms with Gasteiger partial charge in [-0.3, -0.25) is 0 Å². The van der Waals surface area contributed by atoms with E-state index in [1.54, 1.807) is 0 Å². The molecule has 0 aliphatic heterocycles. The van der Waals surface area contributed by atoms with Gasteiger partial charge >= 0.3 is 0 Å². The normalized spacial score (nSPS) is 19.8. The lowest BCUT2D eigenvalue weighted by atomic mass is 10.3. The van der Waals surface area contributed by atoms with Crippen LogP contribution in [0, 0.1) is 0 Å². The lowest BCUT2D eigenvalue weighted by molar-refractivity contribution is 0.181. The lowest BCUT2D eigenvalue weighted by Gasteiger charge is -1.97. The molecular formula is C7H10N2O. The Hall–Kier alpha value is -1.09. The van der Waals surface area contributed by atoms with Crippen molar-refractivity contribution in [3.8, 4) is 0 Å². The van der Waals surface area contributed by atoms with Gasteiger partial charge in [0.2, 0.25) is 0 Å². The number of nitrogens with two attached hydrogens (primary N) is 1. The molecule has 0 saturated heterocycles. The van der Waals surface area contributed by atoms with E-state index in [0.717, 1.165) is 0 Å². The number of pyridine rings is 1. The van der Waals surface area contributed by atoms with Crippen LogP contribution >= 0.6 is 0 Å². The third kappa shape index (κ3) is 1.70. The molecule has 0 fully saturated rings. The summed E-state index contributed by atoms with van der Waals surface area (Å²) in [5.74, 6) is 0.102. The Bertz CT molecular complexity index is 351. The number of hydrogen-bond donors (Lipinski definition) is 1. The van der Waals surface area contributed by atoms with E-state index in [9.17, 15) is 0 Å². The summed E-state index contributed by atoms with van der Waals surface area (Å²) in [5.41, 5.74) is 5.18. The molecule has 0 radical (unpaired) electrons. The molecule has 0 atom stereocenters. The zero-order chi connectivity index (χ0) is 11.7. The molecule has 0 aliphatic carbocycles. The summed E-state index contributed by atoms with van der Waals surface area (Å²) in [5, 5.41) is 0. The quantitative estimate of drug-likeness (QED) is 0.666. The molecule has 0 unspecified atom stereocenters. The van der Waals surface area contributed by atoms with Gasteiger partial charge in [0, 0.05) is 7.04 Å². The van der Waals surface area contributed by atoms with Crippen LogP contribution in [0.15, 0.2) is 18.2 Å². The summed E-state index contributed by atoms with van der Waals surface area (Å²) in [6.45, 7) is -2.49. The first-order valence-corrected chi connectivity index (χ1v) is 2.64. The molecule has 0 bridgehead atoms. The van der Waals surface area contributed by atoms with Crippen LogP contribution in [0.1, 0.15) is 12.5 Å². The molecule has 1 heterocycles. The van der Waals surface area contributed by atoms with E-state index in [1.807, 2.05) is 0 Å². The van der Waals surface area contributed by atoms with Crippen LogP contribution in [0.25, 0.3) is 0 Å². The fourth-order valence-corrected chi connectivity index (χ4v) is 0.561. The summed E-state index contributed by atoms with van der Waals surface area (Å²) >= 11 is 0. The molecule has 54 valence electrons. The highest BCUT2D eigenvalue weighted by Crippen LogP contribution is 2.00. The summed E-state index contributed by atoms with van der Waals surface area (Å²) in [6, 6.07) is 4.25. The second kappa shape index (κ2) is 3.17. The van der Waals surface area contributed by atoms with Crippen molar-refractivity contribution in [3.63, 3.8) is 0 Å². The third-order valence-electron chi connectivity index (χ3n) is 0.926. The zero-order valence-electron chi connectivity index (χ0n) is 10.2. The summed E-state index contributed by atoms with van der Waals surface area (Å²) in [7, 11) is -2.82. The molecule has 10 heavy (non-hydrogen) atoms. The molecule has 0 spiro atoms. The number of ether oxygens (including phenoxy) is 1. The number of nitrogens with zero attached hydrogens (tertiary/aromatic N) is 1. The number of nitrogen functional groups attached to an aromatic ring is 1. The third-order valence-corrected chi connectivity index (χ3v) is 0.926. The van der Waals surface area contributed by atoms with Crippen molar-refractivity contribution in [2.75, 3.05) is 12.8 Å². The van der Waals surface area contributed by atoms with Crippen LogP contribution < -0.4 is 5.73 Å². The molecule has 0 amide bonds. The van der Waals surface area contributed by atoms with Crippen LogP contribution in [0.4, 0.5) is 5.82 Å². The zero-order valence-corrected chi connectivity index (χ0v) is 5.16. The minimum Gasteiger partial charge on any atom is -0.384 e. The second-order valence-electron chi connectivity index (χ2n) is 1.65. The van der Waals surface area contributed by atoms with E-state index in [-0.39, 0.29) is 11.5 Å². The molecule has 1 rings (SSSR count). The van der Waals surface area contributed by atoms with Crippen molar-refractivity contribution in [1.29, 1.82) is 0 Å². The Morgan fingerprint density at radius 1 is 1.90 bits per heavy atom. The Morgan fingerprint density at radius 3 is 3.50 bits per heavy atom. The first kappa shape index (κ1) is 2.88. The van der Waals surface area contributed by atoms with Gasteiger partial charge in [0.15, 0.2) is 0 Å². The first-order valence-electron chi connectivity index (χ1n) is 5.14. The van der Waals surface area contributed by atoms with Gasteiger partial charge in [-0.15, -0.1) is 0 Å². The topological polar surface area (TPSA) is 48.1 Å².